The van der Waals surface area contributed by atoms with E-state index in [1.54, 1.807) is 0 Å². The number of nitrogens with one attached hydrogen (secondary N) is 1. The first-order valence-electron chi connectivity index (χ1n) is 6.90. The summed E-state index contributed by atoms with van der Waals surface area (Å²) in [7, 11) is 0. The molecule has 0 aromatic carbocycles. The smallest absolute Gasteiger partial charge is 0.262 e. The summed E-state index contributed by atoms with van der Waals surface area (Å²) in [5, 5.41) is 4.79. The minimum atomic E-state index is 0.529. The number of aryl methyl sites for hydroxylation is 2. The summed E-state index contributed by atoms with van der Waals surface area (Å²) in [6.07, 6.45) is 2.38. The summed E-state index contributed by atoms with van der Waals surface area (Å²) in [6, 6.07) is 1.95. The number of rotatable bonds is 5. The van der Waals surface area contributed by atoms with Crippen LogP contribution in [0.15, 0.2) is 20.7 Å². The average molecular weight is 290 g/mol. The summed E-state index contributed by atoms with van der Waals surface area (Å²) in [6.45, 7) is 6.78. The third kappa shape index (κ3) is 2.95. The van der Waals surface area contributed by atoms with Crippen LogP contribution in [0.3, 0.4) is 0 Å². The van der Waals surface area contributed by atoms with Gasteiger partial charge in [-0.1, -0.05) is 0 Å². The van der Waals surface area contributed by atoms with Gasteiger partial charge >= 0.3 is 0 Å². The molecule has 1 fully saturated rings. The Kier molecular flexibility index (Phi) is 3.65. The van der Waals surface area contributed by atoms with Crippen LogP contribution in [0.4, 0.5) is 5.82 Å². The third-order valence-electron chi connectivity index (χ3n) is 3.22. The number of oxazole rings is 1. The largest absolute Gasteiger partial charge is 0.436 e. The molecule has 20 heavy (non-hydrogen) atoms. The van der Waals surface area contributed by atoms with Crippen molar-refractivity contribution >= 4 is 17.6 Å². The van der Waals surface area contributed by atoms with Crippen molar-refractivity contribution < 1.29 is 4.42 Å². The highest BCUT2D eigenvalue weighted by Crippen LogP contribution is 2.39. The van der Waals surface area contributed by atoms with Crippen LogP contribution in [0.1, 0.15) is 43.0 Å². The molecule has 0 atom stereocenters. The summed E-state index contributed by atoms with van der Waals surface area (Å²) in [4.78, 5) is 13.6. The van der Waals surface area contributed by atoms with Gasteiger partial charge in [-0.2, -0.15) is 0 Å². The van der Waals surface area contributed by atoms with Crippen molar-refractivity contribution in [3.63, 3.8) is 0 Å². The highest BCUT2D eigenvalue weighted by Gasteiger charge is 2.27. The first-order valence-corrected chi connectivity index (χ1v) is 7.72. The van der Waals surface area contributed by atoms with E-state index in [0.29, 0.717) is 11.1 Å². The Morgan fingerprint density at radius 1 is 1.30 bits per heavy atom. The van der Waals surface area contributed by atoms with Crippen LogP contribution in [0.5, 0.6) is 0 Å². The SMILES string of the molecule is CCNc1cc(Sc2nc(C)c(C)o2)nc(C2CC2)n1. The topological polar surface area (TPSA) is 63.8 Å². The Morgan fingerprint density at radius 3 is 2.70 bits per heavy atom. The van der Waals surface area contributed by atoms with Gasteiger partial charge in [0.25, 0.3) is 5.22 Å². The van der Waals surface area contributed by atoms with E-state index < -0.39 is 0 Å². The Hall–Kier alpha value is -1.56. The highest BCUT2D eigenvalue weighted by molar-refractivity contribution is 7.99. The fourth-order valence-corrected chi connectivity index (χ4v) is 2.71. The molecule has 1 saturated carbocycles. The molecule has 1 aliphatic carbocycles. The van der Waals surface area contributed by atoms with Crippen molar-refractivity contribution in [1.82, 2.24) is 15.0 Å². The lowest BCUT2D eigenvalue weighted by atomic mass is 10.4. The van der Waals surface area contributed by atoms with Gasteiger partial charge < -0.3 is 9.73 Å². The lowest BCUT2D eigenvalue weighted by Gasteiger charge is -2.06. The number of anilines is 1. The van der Waals surface area contributed by atoms with Gasteiger partial charge in [-0.05, 0) is 45.4 Å². The molecule has 2 aromatic rings. The van der Waals surface area contributed by atoms with E-state index in [4.69, 9.17) is 4.42 Å². The van der Waals surface area contributed by atoms with Crippen LogP contribution in [-0.4, -0.2) is 21.5 Å². The van der Waals surface area contributed by atoms with E-state index >= 15 is 0 Å². The molecule has 0 amide bonds. The third-order valence-corrected chi connectivity index (χ3v) is 3.99. The molecular weight excluding hydrogens is 272 g/mol. The van der Waals surface area contributed by atoms with E-state index in [0.717, 1.165) is 34.7 Å². The van der Waals surface area contributed by atoms with Gasteiger partial charge in [-0.15, -0.1) is 0 Å². The van der Waals surface area contributed by atoms with Gasteiger partial charge in [0.1, 0.15) is 22.4 Å². The Labute approximate surface area is 122 Å². The Bertz CT molecular complexity index is 602. The van der Waals surface area contributed by atoms with Crippen molar-refractivity contribution in [1.29, 1.82) is 0 Å². The predicted molar refractivity (Wildman–Crippen MR) is 78.3 cm³/mol. The van der Waals surface area contributed by atoms with Crippen LogP contribution >= 0.6 is 11.8 Å². The lowest BCUT2D eigenvalue weighted by molar-refractivity contribution is 0.431. The van der Waals surface area contributed by atoms with Gasteiger partial charge in [0.15, 0.2) is 0 Å². The van der Waals surface area contributed by atoms with Crippen molar-refractivity contribution in [2.75, 3.05) is 11.9 Å². The number of hydrogen-bond donors (Lipinski definition) is 1. The number of aromatic nitrogens is 3. The first kappa shape index (κ1) is 13.4. The van der Waals surface area contributed by atoms with Crippen LogP contribution in [0.2, 0.25) is 0 Å². The molecule has 2 heterocycles. The molecule has 1 aliphatic rings. The Morgan fingerprint density at radius 2 is 2.10 bits per heavy atom. The summed E-state index contributed by atoms with van der Waals surface area (Å²) in [5.41, 5.74) is 0.927. The normalized spacial score (nSPS) is 14.6. The second kappa shape index (κ2) is 5.44. The minimum Gasteiger partial charge on any atom is -0.436 e. The second-order valence-electron chi connectivity index (χ2n) is 4.98. The summed E-state index contributed by atoms with van der Waals surface area (Å²) in [5.74, 6) is 3.20. The monoisotopic (exact) mass is 290 g/mol. The lowest BCUT2D eigenvalue weighted by Crippen LogP contribution is -2.03. The van der Waals surface area contributed by atoms with Gasteiger partial charge in [-0.3, -0.25) is 0 Å². The van der Waals surface area contributed by atoms with Gasteiger partial charge in [0, 0.05) is 18.5 Å². The predicted octanol–water partition coefficient (Wildman–Crippen LogP) is 3.54. The molecule has 5 nitrogen and oxygen atoms in total. The highest BCUT2D eigenvalue weighted by atomic mass is 32.2. The summed E-state index contributed by atoms with van der Waals surface area (Å²) < 4.78 is 5.61. The van der Waals surface area contributed by atoms with Crippen molar-refractivity contribution in [2.24, 2.45) is 0 Å². The zero-order chi connectivity index (χ0) is 14.1. The van der Waals surface area contributed by atoms with Crippen molar-refractivity contribution in [3.8, 4) is 0 Å². The molecular formula is C14H18N4OS. The summed E-state index contributed by atoms with van der Waals surface area (Å²) >= 11 is 1.45. The fraction of sp³-hybridized carbons (Fsp3) is 0.500. The Balaban J connectivity index is 1.87. The molecule has 3 rings (SSSR count). The van der Waals surface area contributed by atoms with Crippen LogP contribution in [-0.2, 0) is 0 Å². The maximum Gasteiger partial charge on any atom is 0.262 e. The molecule has 2 aromatic heterocycles. The van der Waals surface area contributed by atoms with Crippen LogP contribution in [0, 0.1) is 13.8 Å². The molecule has 6 heteroatoms. The molecule has 1 N–H and O–H groups in total. The van der Waals surface area contributed by atoms with E-state index in [1.807, 2.05) is 19.9 Å². The molecule has 0 radical (unpaired) electrons. The average Bonchev–Trinajstić information content (AvgIpc) is 3.18. The zero-order valence-corrected chi connectivity index (χ0v) is 12.8. The molecule has 0 bridgehead atoms. The van der Waals surface area contributed by atoms with Crippen molar-refractivity contribution in [3.05, 3.63) is 23.3 Å². The molecule has 0 unspecified atom stereocenters. The van der Waals surface area contributed by atoms with Crippen LogP contribution in [0.25, 0.3) is 0 Å². The fourth-order valence-electron chi connectivity index (χ4n) is 1.87. The second-order valence-corrected chi connectivity index (χ2v) is 5.95. The van der Waals surface area contributed by atoms with Gasteiger partial charge in [-0.25, -0.2) is 15.0 Å². The van der Waals surface area contributed by atoms with Gasteiger partial charge in [0.05, 0.1) is 5.69 Å². The standard InChI is InChI=1S/C14H18N4OS/c1-4-15-11-7-12(18-13(17-11)10-5-6-10)20-14-16-8(2)9(3)19-14/h7,10H,4-6H2,1-3H3,(H,15,17,18). The molecule has 106 valence electrons. The quantitative estimate of drug-likeness (QED) is 0.850. The van der Waals surface area contributed by atoms with E-state index in [2.05, 4.69) is 27.2 Å². The number of nitrogens with zero attached hydrogens (tertiary/aromatic N) is 3. The van der Waals surface area contributed by atoms with Crippen LogP contribution < -0.4 is 5.32 Å². The van der Waals surface area contributed by atoms with E-state index in [9.17, 15) is 0 Å². The first-order chi connectivity index (χ1) is 9.65. The molecule has 0 saturated heterocycles. The van der Waals surface area contributed by atoms with Gasteiger partial charge in [0.2, 0.25) is 0 Å². The zero-order valence-electron chi connectivity index (χ0n) is 11.9. The van der Waals surface area contributed by atoms with E-state index in [1.165, 1.54) is 24.6 Å². The maximum atomic E-state index is 5.61. The molecule has 0 spiro atoms. The van der Waals surface area contributed by atoms with Crippen molar-refractivity contribution in [2.45, 2.75) is 49.8 Å². The number of hydrogen-bond acceptors (Lipinski definition) is 6. The minimum absolute atomic E-state index is 0.529. The maximum absolute atomic E-state index is 5.61. The van der Waals surface area contributed by atoms with E-state index in [-0.39, 0.29) is 0 Å². The molecule has 0 aliphatic heterocycles.